The van der Waals surface area contributed by atoms with Gasteiger partial charge in [-0.3, -0.25) is 4.79 Å². The number of nitrogens with zero attached hydrogens (tertiary/aromatic N) is 4. The standard InChI is InChI=1S/C16H17N5OS/c1-11-9-14(17)19-16(18-11)23-10-15(22)21-8-7-13(20-21)12-5-3-2-4-6-12/h2-6,9H,7-8,10H2,1H3,(H2,17,18,19). The first kappa shape index (κ1) is 15.5. The number of hydrogen-bond donors (Lipinski definition) is 1. The predicted molar refractivity (Wildman–Crippen MR) is 91.2 cm³/mol. The summed E-state index contributed by atoms with van der Waals surface area (Å²) >= 11 is 1.28. The van der Waals surface area contributed by atoms with Gasteiger partial charge in [0.25, 0.3) is 5.91 Å². The molecule has 1 amide bonds. The van der Waals surface area contributed by atoms with Gasteiger partial charge in [-0.2, -0.15) is 5.10 Å². The Morgan fingerprint density at radius 1 is 1.30 bits per heavy atom. The van der Waals surface area contributed by atoms with Crippen LogP contribution in [0.2, 0.25) is 0 Å². The van der Waals surface area contributed by atoms with Gasteiger partial charge in [0.1, 0.15) is 5.82 Å². The number of anilines is 1. The number of nitrogens with two attached hydrogens (primary N) is 1. The van der Waals surface area contributed by atoms with Crippen LogP contribution in [0, 0.1) is 6.92 Å². The van der Waals surface area contributed by atoms with Crippen molar-refractivity contribution in [1.29, 1.82) is 0 Å². The molecule has 0 saturated carbocycles. The molecule has 7 heteroatoms. The summed E-state index contributed by atoms with van der Waals surface area (Å²) in [5.41, 5.74) is 8.48. The second kappa shape index (κ2) is 6.78. The number of amides is 1. The first-order valence-electron chi connectivity index (χ1n) is 7.29. The fraction of sp³-hybridized carbons (Fsp3) is 0.250. The van der Waals surface area contributed by atoms with Gasteiger partial charge >= 0.3 is 0 Å². The van der Waals surface area contributed by atoms with Crippen LogP contribution in [0.1, 0.15) is 17.7 Å². The minimum absolute atomic E-state index is 0.0513. The second-order valence-electron chi connectivity index (χ2n) is 5.19. The number of rotatable bonds is 4. The van der Waals surface area contributed by atoms with Crippen LogP contribution in [0.3, 0.4) is 0 Å². The Balaban J connectivity index is 1.62. The van der Waals surface area contributed by atoms with Crippen molar-refractivity contribution in [2.45, 2.75) is 18.5 Å². The van der Waals surface area contributed by atoms with E-state index in [2.05, 4.69) is 15.1 Å². The number of aryl methyl sites for hydroxylation is 1. The van der Waals surface area contributed by atoms with Gasteiger partial charge in [0.2, 0.25) is 0 Å². The van der Waals surface area contributed by atoms with Gasteiger partial charge in [0.15, 0.2) is 5.16 Å². The zero-order valence-corrected chi connectivity index (χ0v) is 13.6. The maximum Gasteiger partial charge on any atom is 0.253 e. The van der Waals surface area contributed by atoms with E-state index in [1.807, 2.05) is 37.3 Å². The lowest BCUT2D eigenvalue weighted by Gasteiger charge is -2.10. The van der Waals surface area contributed by atoms with Crippen molar-refractivity contribution in [2.24, 2.45) is 5.10 Å². The summed E-state index contributed by atoms with van der Waals surface area (Å²) in [7, 11) is 0. The number of carbonyl (C=O) groups is 1. The Morgan fingerprint density at radius 3 is 2.83 bits per heavy atom. The number of nitrogen functional groups attached to an aromatic ring is 1. The van der Waals surface area contributed by atoms with Crippen molar-refractivity contribution in [3.63, 3.8) is 0 Å². The Morgan fingerprint density at radius 2 is 2.09 bits per heavy atom. The summed E-state index contributed by atoms with van der Waals surface area (Å²) in [5, 5.41) is 6.47. The number of benzene rings is 1. The van der Waals surface area contributed by atoms with Gasteiger partial charge in [0, 0.05) is 18.2 Å². The largest absolute Gasteiger partial charge is 0.384 e. The number of hydrogen-bond acceptors (Lipinski definition) is 6. The van der Waals surface area contributed by atoms with Crippen LogP contribution in [0.15, 0.2) is 46.7 Å². The lowest BCUT2D eigenvalue weighted by atomic mass is 10.1. The minimum atomic E-state index is -0.0513. The average molecular weight is 327 g/mol. The van der Waals surface area contributed by atoms with E-state index in [0.29, 0.717) is 17.5 Å². The van der Waals surface area contributed by atoms with Gasteiger partial charge in [-0.15, -0.1) is 0 Å². The van der Waals surface area contributed by atoms with Crippen LogP contribution in [0.5, 0.6) is 0 Å². The highest BCUT2D eigenvalue weighted by molar-refractivity contribution is 7.99. The average Bonchev–Trinajstić information content (AvgIpc) is 3.03. The molecule has 0 atom stereocenters. The third-order valence-corrected chi connectivity index (χ3v) is 4.21. The fourth-order valence-corrected chi connectivity index (χ4v) is 3.08. The van der Waals surface area contributed by atoms with Gasteiger partial charge in [-0.05, 0) is 12.5 Å². The molecule has 0 aliphatic carbocycles. The van der Waals surface area contributed by atoms with Crippen LogP contribution in [-0.4, -0.2) is 38.9 Å². The fourth-order valence-electron chi connectivity index (χ4n) is 2.30. The number of thioether (sulfide) groups is 1. The van der Waals surface area contributed by atoms with E-state index >= 15 is 0 Å². The van der Waals surface area contributed by atoms with E-state index < -0.39 is 0 Å². The first-order chi connectivity index (χ1) is 11.1. The summed E-state index contributed by atoms with van der Waals surface area (Å²) in [4.78, 5) is 20.7. The molecule has 1 aromatic heterocycles. The van der Waals surface area contributed by atoms with Crippen molar-refractivity contribution < 1.29 is 4.79 Å². The van der Waals surface area contributed by atoms with Gasteiger partial charge in [-0.25, -0.2) is 15.0 Å². The minimum Gasteiger partial charge on any atom is -0.384 e. The van der Waals surface area contributed by atoms with Crippen LogP contribution >= 0.6 is 11.8 Å². The summed E-state index contributed by atoms with van der Waals surface area (Å²) in [5.74, 6) is 0.608. The zero-order valence-electron chi connectivity index (χ0n) is 12.8. The smallest absolute Gasteiger partial charge is 0.253 e. The predicted octanol–water partition coefficient (Wildman–Crippen LogP) is 2.10. The maximum atomic E-state index is 12.3. The molecule has 2 heterocycles. The molecule has 0 saturated heterocycles. The molecule has 118 valence electrons. The monoisotopic (exact) mass is 327 g/mol. The summed E-state index contributed by atoms with van der Waals surface area (Å²) in [6, 6.07) is 11.6. The number of aromatic nitrogens is 2. The SMILES string of the molecule is Cc1cc(N)nc(SCC(=O)N2CCC(c3ccccc3)=N2)n1. The lowest BCUT2D eigenvalue weighted by Crippen LogP contribution is -2.25. The Labute approximate surface area is 138 Å². The lowest BCUT2D eigenvalue weighted by molar-refractivity contribution is -0.127. The molecule has 0 bridgehead atoms. The Hall–Kier alpha value is -2.41. The highest BCUT2D eigenvalue weighted by Gasteiger charge is 2.21. The molecule has 3 rings (SSSR count). The van der Waals surface area contributed by atoms with Crippen LogP contribution in [-0.2, 0) is 4.79 Å². The Bertz CT molecular complexity index is 727. The molecule has 0 unspecified atom stereocenters. The van der Waals surface area contributed by atoms with Gasteiger partial charge in [0.05, 0.1) is 18.0 Å². The second-order valence-corrected chi connectivity index (χ2v) is 6.13. The highest BCUT2D eigenvalue weighted by Crippen LogP contribution is 2.18. The molecule has 0 radical (unpaired) electrons. The van der Waals surface area contributed by atoms with E-state index in [1.165, 1.54) is 16.8 Å². The van der Waals surface area contributed by atoms with Crippen molar-refractivity contribution in [1.82, 2.24) is 15.0 Å². The maximum absolute atomic E-state index is 12.3. The number of carbonyl (C=O) groups excluding carboxylic acids is 1. The molecule has 0 spiro atoms. The molecule has 1 aliphatic heterocycles. The van der Waals surface area contributed by atoms with Crippen LogP contribution < -0.4 is 5.73 Å². The topological polar surface area (TPSA) is 84.5 Å². The van der Waals surface area contributed by atoms with E-state index in [-0.39, 0.29) is 11.7 Å². The summed E-state index contributed by atoms with van der Waals surface area (Å²) in [6.45, 7) is 2.46. The van der Waals surface area contributed by atoms with Gasteiger partial charge in [-0.1, -0.05) is 42.1 Å². The normalized spacial score (nSPS) is 14.0. The molecule has 2 aromatic rings. The van der Waals surface area contributed by atoms with Crippen molar-refractivity contribution in [3.05, 3.63) is 47.7 Å². The van der Waals surface area contributed by atoms with E-state index in [9.17, 15) is 4.79 Å². The molecular formula is C16H17N5OS. The molecule has 6 nitrogen and oxygen atoms in total. The van der Waals surface area contributed by atoms with Crippen LogP contribution in [0.4, 0.5) is 5.82 Å². The third kappa shape index (κ3) is 3.87. The number of hydrazone groups is 1. The molecule has 1 aliphatic rings. The zero-order chi connectivity index (χ0) is 16.2. The van der Waals surface area contributed by atoms with Crippen LogP contribution in [0.25, 0.3) is 0 Å². The van der Waals surface area contributed by atoms with E-state index in [4.69, 9.17) is 5.73 Å². The highest BCUT2D eigenvalue weighted by atomic mass is 32.2. The molecule has 23 heavy (non-hydrogen) atoms. The van der Waals surface area contributed by atoms with Crippen molar-refractivity contribution >= 4 is 29.2 Å². The molecule has 1 aromatic carbocycles. The van der Waals surface area contributed by atoms with Crippen molar-refractivity contribution in [2.75, 3.05) is 18.0 Å². The molecule has 0 fully saturated rings. The molecule has 2 N–H and O–H groups in total. The Kier molecular flexibility index (Phi) is 4.57. The van der Waals surface area contributed by atoms with E-state index in [1.54, 1.807) is 6.07 Å². The quantitative estimate of drug-likeness (QED) is 0.686. The first-order valence-corrected chi connectivity index (χ1v) is 8.27. The van der Waals surface area contributed by atoms with Gasteiger partial charge < -0.3 is 5.73 Å². The van der Waals surface area contributed by atoms with Crippen molar-refractivity contribution in [3.8, 4) is 0 Å². The summed E-state index contributed by atoms with van der Waals surface area (Å²) < 4.78 is 0. The summed E-state index contributed by atoms with van der Waals surface area (Å²) in [6.07, 6.45) is 0.772. The molecular weight excluding hydrogens is 310 g/mol. The van der Waals surface area contributed by atoms with E-state index in [0.717, 1.165) is 23.4 Å². The third-order valence-electron chi connectivity index (χ3n) is 3.37.